The summed E-state index contributed by atoms with van der Waals surface area (Å²) >= 11 is 12.1. The molecule has 0 saturated heterocycles. The highest BCUT2D eigenvalue weighted by molar-refractivity contribution is 6.38. The molecule has 0 bridgehead atoms. The Balaban J connectivity index is 2.36. The van der Waals surface area contributed by atoms with Crippen molar-refractivity contribution in [3.63, 3.8) is 0 Å². The lowest BCUT2D eigenvalue weighted by molar-refractivity contribution is 0.153. The van der Waals surface area contributed by atoms with Crippen LogP contribution in [0.4, 0.5) is 0 Å². The maximum absolute atomic E-state index is 9.92. The fourth-order valence-electron chi connectivity index (χ4n) is 2.46. The summed E-state index contributed by atoms with van der Waals surface area (Å²) in [5.74, 6) is 0. The molecule has 16 heavy (non-hydrogen) atoms. The van der Waals surface area contributed by atoms with Crippen LogP contribution in [0.2, 0.25) is 10.0 Å². The molecule has 84 valence electrons. The van der Waals surface area contributed by atoms with Crippen LogP contribution in [0.15, 0.2) is 12.1 Å². The van der Waals surface area contributed by atoms with E-state index in [0.29, 0.717) is 10.0 Å². The first kappa shape index (κ1) is 10.5. The summed E-state index contributed by atoms with van der Waals surface area (Å²) in [6.07, 6.45) is 2.39. The minimum atomic E-state index is -0.397. The third-order valence-corrected chi connectivity index (χ3v) is 3.72. The van der Waals surface area contributed by atoms with E-state index in [1.54, 1.807) is 6.07 Å². The van der Waals surface area contributed by atoms with Crippen LogP contribution in [0.3, 0.4) is 0 Å². The number of H-pyrrole nitrogens is 1. The van der Waals surface area contributed by atoms with Gasteiger partial charge in [-0.3, -0.25) is 0 Å². The maximum atomic E-state index is 9.92. The first-order valence-corrected chi connectivity index (χ1v) is 6.10. The SMILES string of the molecule is OC1CCCc2c1[nH]c1c(Cl)cc(Cl)cc21. The van der Waals surface area contributed by atoms with Gasteiger partial charge in [-0.1, -0.05) is 23.2 Å². The van der Waals surface area contributed by atoms with E-state index in [1.165, 1.54) is 0 Å². The highest BCUT2D eigenvalue weighted by Crippen LogP contribution is 2.38. The first-order valence-electron chi connectivity index (χ1n) is 5.34. The fraction of sp³-hybridized carbons (Fsp3) is 0.333. The third kappa shape index (κ3) is 1.45. The van der Waals surface area contributed by atoms with Gasteiger partial charge in [0.05, 0.1) is 16.6 Å². The number of hydrogen-bond donors (Lipinski definition) is 2. The van der Waals surface area contributed by atoms with Gasteiger partial charge in [-0.05, 0) is 37.0 Å². The predicted molar refractivity (Wildman–Crippen MR) is 66.2 cm³/mol. The van der Waals surface area contributed by atoms with Gasteiger partial charge in [-0.2, -0.15) is 0 Å². The Morgan fingerprint density at radius 3 is 2.94 bits per heavy atom. The van der Waals surface area contributed by atoms with Gasteiger partial charge in [0, 0.05) is 16.1 Å². The largest absolute Gasteiger partial charge is 0.387 e. The molecule has 1 atom stereocenters. The van der Waals surface area contributed by atoms with Gasteiger partial charge >= 0.3 is 0 Å². The Labute approximate surface area is 103 Å². The highest BCUT2D eigenvalue weighted by Gasteiger charge is 2.23. The molecule has 1 aromatic carbocycles. The Morgan fingerprint density at radius 1 is 1.31 bits per heavy atom. The Kier molecular flexibility index (Phi) is 2.39. The molecule has 0 amide bonds. The molecule has 1 aromatic heterocycles. The van der Waals surface area contributed by atoms with Crippen LogP contribution in [-0.4, -0.2) is 10.1 Å². The molecule has 2 N–H and O–H groups in total. The van der Waals surface area contributed by atoms with E-state index in [1.807, 2.05) is 6.07 Å². The number of aromatic amines is 1. The number of hydrogen-bond acceptors (Lipinski definition) is 1. The zero-order chi connectivity index (χ0) is 11.3. The van der Waals surface area contributed by atoms with Gasteiger partial charge in [-0.25, -0.2) is 0 Å². The second-order valence-corrected chi connectivity index (χ2v) is 5.08. The van der Waals surface area contributed by atoms with E-state index in [9.17, 15) is 5.11 Å². The first-order chi connectivity index (χ1) is 7.66. The van der Waals surface area contributed by atoms with E-state index < -0.39 is 6.10 Å². The summed E-state index contributed by atoms with van der Waals surface area (Å²) in [4.78, 5) is 3.22. The fourth-order valence-corrected chi connectivity index (χ4v) is 3.00. The molecular weight excluding hydrogens is 245 g/mol. The van der Waals surface area contributed by atoms with Crippen molar-refractivity contribution in [2.24, 2.45) is 0 Å². The minimum absolute atomic E-state index is 0.397. The molecule has 2 aromatic rings. The number of halogens is 2. The van der Waals surface area contributed by atoms with Gasteiger partial charge < -0.3 is 10.1 Å². The number of aliphatic hydroxyl groups is 1. The molecule has 0 fully saturated rings. The molecule has 3 rings (SSSR count). The molecule has 1 heterocycles. The minimum Gasteiger partial charge on any atom is -0.387 e. The van der Waals surface area contributed by atoms with Crippen LogP contribution in [0.1, 0.15) is 30.2 Å². The lowest BCUT2D eigenvalue weighted by Gasteiger charge is -2.17. The standard InChI is InChI=1S/C12H11Cl2NO/c13-6-4-8-7-2-1-3-10(16)12(7)15-11(8)9(14)5-6/h4-5,10,15-16H,1-3H2. The van der Waals surface area contributed by atoms with Crippen LogP contribution in [0.25, 0.3) is 10.9 Å². The summed E-state index contributed by atoms with van der Waals surface area (Å²) in [7, 11) is 0. The van der Waals surface area contributed by atoms with Crippen molar-refractivity contribution in [1.82, 2.24) is 4.98 Å². The van der Waals surface area contributed by atoms with Crippen molar-refractivity contribution >= 4 is 34.1 Å². The number of fused-ring (bicyclic) bond motifs is 3. The van der Waals surface area contributed by atoms with Crippen LogP contribution < -0.4 is 0 Å². The van der Waals surface area contributed by atoms with Crippen LogP contribution in [0.5, 0.6) is 0 Å². The van der Waals surface area contributed by atoms with E-state index >= 15 is 0 Å². The summed E-state index contributed by atoms with van der Waals surface area (Å²) < 4.78 is 0. The van der Waals surface area contributed by atoms with Crippen LogP contribution in [0, 0.1) is 0 Å². The Bertz CT molecular complexity index is 562. The molecule has 4 heteroatoms. The second-order valence-electron chi connectivity index (χ2n) is 4.24. The molecule has 1 unspecified atom stereocenters. The van der Waals surface area contributed by atoms with Crippen molar-refractivity contribution in [2.75, 3.05) is 0 Å². The summed E-state index contributed by atoms with van der Waals surface area (Å²) in [5.41, 5.74) is 2.96. The lowest BCUT2D eigenvalue weighted by atomic mass is 9.93. The van der Waals surface area contributed by atoms with Crippen LogP contribution in [-0.2, 0) is 6.42 Å². The van der Waals surface area contributed by atoms with Crippen molar-refractivity contribution < 1.29 is 5.11 Å². The second kappa shape index (κ2) is 3.66. The number of rotatable bonds is 0. The van der Waals surface area contributed by atoms with Crippen molar-refractivity contribution in [1.29, 1.82) is 0 Å². The van der Waals surface area contributed by atoms with E-state index in [-0.39, 0.29) is 0 Å². The lowest BCUT2D eigenvalue weighted by Crippen LogP contribution is -2.07. The van der Waals surface area contributed by atoms with Gasteiger partial charge in [0.2, 0.25) is 0 Å². The van der Waals surface area contributed by atoms with Gasteiger partial charge in [0.15, 0.2) is 0 Å². The topological polar surface area (TPSA) is 36.0 Å². The monoisotopic (exact) mass is 255 g/mol. The predicted octanol–water partition coefficient (Wildman–Crippen LogP) is 3.84. The summed E-state index contributed by atoms with van der Waals surface area (Å²) in [6, 6.07) is 3.63. The molecule has 2 nitrogen and oxygen atoms in total. The molecular formula is C12H11Cl2NO. The molecule has 1 aliphatic carbocycles. The van der Waals surface area contributed by atoms with Gasteiger partial charge in [0.25, 0.3) is 0 Å². The number of aromatic nitrogens is 1. The highest BCUT2D eigenvalue weighted by atomic mass is 35.5. The number of aryl methyl sites for hydroxylation is 1. The quantitative estimate of drug-likeness (QED) is 0.738. The van der Waals surface area contributed by atoms with E-state index in [2.05, 4.69) is 4.98 Å². The summed E-state index contributed by atoms with van der Waals surface area (Å²) in [5, 5.41) is 12.2. The van der Waals surface area contributed by atoms with E-state index in [0.717, 1.165) is 41.4 Å². The van der Waals surface area contributed by atoms with Gasteiger partial charge in [0.1, 0.15) is 0 Å². The third-order valence-electron chi connectivity index (χ3n) is 3.20. The Hall–Kier alpha value is -0.700. The van der Waals surface area contributed by atoms with Crippen molar-refractivity contribution in [2.45, 2.75) is 25.4 Å². The zero-order valence-corrected chi connectivity index (χ0v) is 10.1. The molecule has 0 radical (unpaired) electrons. The van der Waals surface area contributed by atoms with Crippen molar-refractivity contribution in [3.8, 4) is 0 Å². The molecule has 0 aliphatic heterocycles. The maximum Gasteiger partial charge on any atom is 0.0941 e. The smallest absolute Gasteiger partial charge is 0.0941 e. The van der Waals surface area contributed by atoms with Crippen molar-refractivity contribution in [3.05, 3.63) is 33.4 Å². The normalized spacial score (nSPS) is 20.1. The zero-order valence-electron chi connectivity index (χ0n) is 8.56. The van der Waals surface area contributed by atoms with Crippen LogP contribution >= 0.6 is 23.2 Å². The average molecular weight is 256 g/mol. The molecule has 1 aliphatic rings. The van der Waals surface area contributed by atoms with Gasteiger partial charge in [-0.15, -0.1) is 0 Å². The number of benzene rings is 1. The summed E-state index contributed by atoms with van der Waals surface area (Å²) in [6.45, 7) is 0. The number of nitrogens with one attached hydrogen (secondary N) is 1. The molecule has 0 saturated carbocycles. The van der Waals surface area contributed by atoms with E-state index in [4.69, 9.17) is 23.2 Å². The Morgan fingerprint density at radius 2 is 2.12 bits per heavy atom. The molecule has 0 spiro atoms. The average Bonchev–Trinajstić information content (AvgIpc) is 2.59. The number of aliphatic hydroxyl groups excluding tert-OH is 1.